The Morgan fingerprint density at radius 3 is 2.44 bits per heavy atom. The van der Waals surface area contributed by atoms with E-state index in [0.29, 0.717) is 0 Å². The molecule has 0 fully saturated rings. The number of rotatable bonds is 3. The summed E-state index contributed by atoms with van der Waals surface area (Å²) in [6.45, 7) is 6.32. The van der Waals surface area contributed by atoms with Crippen LogP contribution in [0, 0.1) is 20.8 Å². The van der Waals surface area contributed by atoms with Crippen LogP contribution in [0.4, 0.5) is 0 Å². The Morgan fingerprint density at radius 2 is 1.89 bits per heavy atom. The lowest BCUT2D eigenvalue weighted by atomic mass is 10.0. The molecule has 0 saturated carbocycles. The summed E-state index contributed by atoms with van der Waals surface area (Å²) in [4.78, 5) is 2.51. The number of thiophene rings is 1. The van der Waals surface area contributed by atoms with Gasteiger partial charge >= 0.3 is 0 Å². The highest BCUT2D eigenvalue weighted by molar-refractivity contribution is 7.12. The molecule has 0 radical (unpaired) electrons. The summed E-state index contributed by atoms with van der Waals surface area (Å²) in [5, 5.41) is 0. The number of aryl methyl sites for hydroxylation is 3. The van der Waals surface area contributed by atoms with E-state index >= 15 is 0 Å². The van der Waals surface area contributed by atoms with Crippen molar-refractivity contribution in [3.63, 3.8) is 0 Å². The first kappa shape index (κ1) is 13.1. The summed E-state index contributed by atoms with van der Waals surface area (Å²) < 4.78 is 5.40. The molecule has 0 aliphatic rings. The monoisotopic (exact) mass is 261 g/mol. The molecule has 1 heterocycles. The third-order valence-electron chi connectivity index (χ3n) is 3.21. The zero-order valence-corrected chi connectivity index (χ0v) is 12.1. The largest absolute Gasteiger partial charge is 0.496 e. The lowest BCUT2D eigenvalue weighted by Gasteiger charge is -2.15. The van der Waals surface area contributed by atoms with Crippen LogP contribution in [0.15, 0.2) is 24.3 Å². The summed E-state index contributed by atoms with van der Waals surface area (Å²) >= 11 is 1.76. The molecule has 0 bridgehead atoms. The minimum atomic E-state index is -0.114. The highest BCUT2D eigenvalue weighted by Gasteiger charge is 2.16. The molecular formula is C15H19NOS. The van der Waals surface area contributed by atoms with E-state index in [-0.39, 0.29) is 6.04 Å². The van der Waals surface area contributed by atoms with Crippen LogP contribution in [0.5, 0.6) is 5.75 Å². The molecule has 1 atom stereocenters. The van der Waals surface area contributed by atoms with Gasteiger partial charge in [-0.05, 0) is 38.5 Å². The van der Waals surface area contributed by atoms with Crippen LogP contribution < -0.4 is 10.5 Å². The van der Waals surface area contributed by atoms with Crippen molar-refractivity contribution in [2.45, 2.75) is 26.8 Å². The van der Waals surface area contributed by atoms with E-state index in [1.165, 1.54) is 20.9 Å². The first-order valence-corrected chi connectivity index (χ1v) is 6.81. The van der Waals surface area contributed by atoms with Gasteiger partial charge in [-0.1, -0.05) is 17.7 Å². The highest BCUT2D eigenvalue weighted by atomic mass is 32.1. The van der Waals surface area contributed by atoms with E-state index in [1.807, 2.05) is 12.1 Å². The maximum absolute atomic E-state index is 6.37. The van der Waals surface area contributed by atoms with Gasteiger partial charge in [-0.2, -0.15) is 0 Å². The van der Waals surface area contributed by atoms with Gasteiger partial charge in [0.1, 0.15) is 5.75 Å². The number of hydrogen-bond donors (Lipinski definition) is 1. The second-order valence-electron chi connectivity index (χ2n) is 4.61. The van der Waals surface area contributed by atoms with Crippen LogP contribution in [-0.2, 0) is 0 Å². The molecule has 1 aromatic carbocycles. The van der Waals surface area contributed by atoms with E-state index in [0.717, 1.165) is 11.3 Å². The predicted molar refractivity (Wildman–Crippen MR) is 77.6 cm³/mol. The Hall–Kier alpha value is -1.32. The maximum Gasteiger partial charge on any atom is 0.124 e. The van der Waals surface area contributed by atoms with Gasteiger partial charge in [-0.25, -0.2) is 0 Å². The van der Waals surface area contributed by atoms with Crippen molar-refractivity contribution in [1.82, 2.24) is 0 Å². The smallest absolute Gasteiger partial charge is 0.124 e. The molecule has 96 valence electrons. The molecule has 2 rings (SSSR count). The van der Waals surface area contributed by atoms with Gasteiger partial charge < -0.3 is 10.5 Å². The molecule has 0 spiro atoms. The van der Waals surface area contributed by atoms with E-state index in [4.69, 9.17) is 10.5 Å². The first-order chi connectivity index (χ1) is 8.52. The molecule has 0 aliphatic heterocycles. The third-order valence-corrected chi connectivity index (χ3v) is 4.45. The Morgan fingerprint density at radius 1 is 1.17 bits per heavy atom. The van der Waals surface area contributed by atoms with Crippen LogP contribution in [0.2, 0.25) is 0 Å². The highest BCUT2D eigenvalue weighted by Crippen LogP contribution is 2.33. The average molecular weight is 261 g/mol. The number of methoxy groups -OCH3 is 1. The van der Waals surface area contributed by atoms with Gasteiger partial charge in [0, 0.05) is 15.3 Å². The van der Waals surface area contributed by atoms with Crippen LogP contribution >= 0.6 is 11.3 Å². The zero-order valence-electron chi connectivity index (χ0n) is 11.3. The van der Waals surface area contributed by atoms with Crippen molar-refractivity contribution in [2.75, 3.05) is 7.11 Å². The second-order valence-corrected chi connectivity index (χ2v) is 5.90. The lowest BCUT2D eigenvalue weighted by Crippen LogP contribution is -2.11. The molecule has 2 nitrogen and oxygen atoms in total. The van der Waals surface area contributed by atoms with Gasteiger partial charge in [0.05, 0.1) is 13.2 Å². The normalized spacial score (nSPS) is 12.5. The van der Waals surface area contributed by atoms with E-state index in [9.17, 15) is 0 Å². The molecule has 2 N–H and O–H groups in total. The Bertz CT molecular complexity index is 540. The van der Waals surface area contributed by atoms with Crippen molar-refractivity contribution in [3.8, 4) is 5.75 Å². The average Bonchev–Trinajstić information content (AvgIpc) is 2.68. The van der Waals surface area contributed by atoms with E-state index in [1.54, 1.807) is 18.4 Å². The minimum absolute atomic E-state index is 0.114. The van der Waals surface area contributed by atoms with Gasteiger partial charge in [0.25, 0.3) is 0 Å². The van der Waals surface area contributed by atoms with Crippen molar-refractivity contribution in [2.24, 2.45) is 5.73 Å². The maximum atomic E-state index is 6.37. The van der Waals surface area contributed by atoms with Gasteiger partial charge in [0.15, 0.2) is 0 Å². The fourth-order valence-electron chi connectivity index (χ4n) is 2.01. The van der Waals surface area contributed by atoms with Crippen molar-refractivity contribution in [1.29, 1.82) is 0 Å². The number of ether oxygens (including phenoxy) is 1. The summed E-state index contributed by atoms with van der Waals surface area (Å²) in [5.41, 5.74) is 9.93. The fraction of sp³-hybridized carbons (Fsp3) is 0.333. The van der Waals surface area contributed by atoms with Crippen LogP contribution in [0.1, 0.15) is 32.5 Å². The van der Waals surface area contributed by atoms with Gasteiger partial charge in [-0.3, -0.25) is 0 Å². The van der Waals surface area contributed by atoms with Gasteiger partial charge in [0.2, 0.25) is 0 Å². The summed E-state index contributed by atoms with van der Waals surface area (Å²) in [6.07, 6.45) is 0. The van der Waals surface area contributed by atoms with Crippen LogP contribution in [-0.4, -0.2) is 7.11 Å². The number of nitrogens with two attached hydrogens (primary N) is 1. The van der Waals surface area contributed by atoms with Crippen molar-refractivity contribution in [3.05, 3.63) is 50.7 Å². The van der Waals surface area contributed by atoms with Crippen LogP contribution in [0.25, 0.3) is 0 Å². The number of benzene rings is 1. The van der Waals surface area contributed by atoms with Gasteiger partial charge in [-0.15, -0.1) is 11.3 Å². The zero-order chi connectivity index (χ0) is 13.3. The van der Waals surface area contributed by atoms with Crippen molar-refractivity contribution >= 4 is 11.3 Å². The molecular weight excluding hydrogens is 242 g/mol. The quantitative estimate of drug-likeness (QED) is 0.913. The molecule has 0 amide bonds. The Labute approximate surface area is 112 Å². The molecule has 18 heavy (non-hydrogen) atoms. The predicted octanol–water partition coefficient (Wildman–Crippen LogP) is 3.73. The van der Waals surface area contributed by atoms with Crippen LogP contribution in [0.3, 0.4) is 0 Å². The second kappa shape index (κ2) is 5.12. The molecule has 1 aromatic heterocycles. The molecule has 0 saturated heterocycles. The fourth-order valence-corrected chi connectivity index (χ4v) is 3.07. The van der Waals surface area contributed by atoms with E-state index in [2.05, 4.69) is 32.9 Å². The van der Waals surface area contributed by atoms with Crippen molar-refractivity contribution < 1.29 is 4.74 Å². The molecule has 3 heteroatoms. The standard InChI is InChI=1S/C15H19NOS/c1-9-5-6-13(17-4)12(7-9)15(16)14-8-10(2)11(3)18-14/h5-8,15H,16H2,1-4H3. The first-order valence-electron chi connectivity index (χ1n) is 6.00. The SMILES string of the molecule is COc1ccc(C)cc1C(N)c1cc(C)c(C)s1. The lowest BCUT2D eigenvalue weighted by molar-refractivity contribution is 0.408. The summed E-state index contributed by atoms with van der Waals surface area (Å²) in [6, 6.07) is 8.19. The van der Waals surface area contributed by atoms with E-state index < -0.39 is 0 Å². The minimum Gasteiger partial charge on any atom is -0.496 e. The molecule has 1 unspecified atom stereocenters. The third kappa shape index (κ3) is 2.42. The molecule has 2 aromatic rings. The molecule has 0 aliphatic carbocycles. The number of hydrogen-bond acceptors (Lipinski definition) is 3. The Balaban J connectivity index is 2.44. The topological polar surface area (TPSA) is 35.2 Å². The summed E-state index contributed by atoms with van der Waals surface area (Å²) in [5.74, 6) is 0.858. The Kier molecular flexibility index (Phi) is 3.73. The summed E-state index contributed by atoms with van der Waals surface area (Å²) in [7, 11) is 1.69.